The average Bonchev–Trinajstić information content (AvgIpc) is 2.38. The maximum Gasteiger partial charge on any atom is 0.0979 e. The Hall–Kier alpha value is -0.360. The standard InChI is InChI=1S/C15H25NO2S2/c1-6-19-13-9-7-12(8-10-13)15(5,11-17)16-20(18)14(2,3)4/h7-10,16-17H,6,11H2,1-5H3/t15?,20-/m1/s1. The summed E-state index contributed by atoms with van der Waals surface area (Å²) in [6.07, 6.45) is 0. The zero-order valence-electron chi connectivity index (χ0n) is 12.9. The second kappa shape index (κ2) is 7.07. The Kier molecular flexibility index (Phi) is 6.25. The summed E-state index contributed by atoms with van der Waals surface area (Å²) in [7, 11) is -1.23. The van der Waals surface area contributed by atoms with Crippen LogP contribution in [0.4, 0.5) is 0 Å². The summed E-state index contributed by atoms with van der Waals surface area (Å²) < 4.78 is 15.0. The molecule has 0 aliphatic carbocycles. The molecule has 1 rings (SSSR count). The Bertz CT molecular complexity index is 454. The molecule has 0 aromatic heterocycles. The van der Waals surface area contributed by atoms with Crippen LogP contribution < -0.4 is 4.72 Å². The predicted molar refractivity (Wildman–Crippen MR) is 88.3 cm³/mol. The molecule has 2 atom stereocenters. The molecule has 114 valence electrons. The van der Waals surface area contributed by atoms with Gasteiger partial charge in [-0.1, -0.05) is 19.1 Å². The van der Waals surface area contributed by atoms with Crippen LogP contribution in [0.25, 0.3) is 0 Å². The average molecular weight is 316 g/mol. The summed E-state index contributed by atoms with van der Waals surface area (Å²) in [5.41, 5.74) is 0.242. The summed E-state index contributed by atoms with van der Waals surface area (Å²) in [6.45, 7) is 9.62. The third-order valence-corrected chi connectivity index (χ3v) is 5.64. The minimum absolute atomic E-state index is 0.102. The van der Waals surface area contributed by atoms with Crippen LogP contribution in [-0.4, -0.2) is 26.4 Å². The monoisotopic (exact) mass is 315 g/mol. The van der Waals surface area contributed by atoms with E-state index in [1.165, 1.54) is 4.90 Å². The van der Waals surface area contributed by atoms with Gasteiger partial charge in [-0.25, -0.2) is 8.93 Å². The quantitative estimate of drug-likeness (QED) is 0.793. The van der Waals surface area contributed by atoms with Crippen molar-refractivity contribution < 1.29 is 9.32 Å². The molecule has 0 saturated carbocycles. The van der Waals surface area contributed by atoms with Crippen LogP contribution >= 0.6 is 11.8 Å². The van der Waals surface area contributed by atoms with Gasteiger partial charge in [-0.15, -0.1) is 11.8 Å². The molecule has 0 heterocycles. The van der Waals surface area contributed by atoms with E-state index in [1.807, 2.05) is 52.0 Å². The topological polar surface area (TPSA) is 49.3 Å². The molecule has 0 amide bonds. The van der Waals surface area contributed by atoms with Gasteiger partial charge in [-0.3, -0.25) is 0 Å². The summed E-state index contributed by atoms with van der Waals surface area (Å²) >= 11 is 1.78. The highest BCUT2D eigenvalue weighted by molar-refractivity contribution is 7.99. The maximum atomic E-state index is 12.3. The van der Waals surface area contributed by atoms with Gasteiger partial charge in [0.25, 0.3) is 0 Å². The van der Waals surface area contributed by atoms with Crippen molar-refractivity contribution in [2.45, 2.75) is 49.8 Å². The fraction of sp³-hybridized carbons (Fsp3) is 0.600. The first-order valence-corrected chi connectivity index (χ1v) is 8.90. The van der Waals surface area contributed by atoms with Crippen molar-refractivity contribution in [1.29, 1.82) is 0 Å². The highest BCUT2D eigenvalue weighted by Crippen LogP contribution is 2.26. The zero-order chi connectivity index (χ0) is 15.4. The molecule has 20 heavy (non-hydrogen) atoms. The number of nitrogens with one attached hydrogen (secondary N) is 1. The van der Waals surface area contributed by atoms with Gasteiger partial charge in [-0.2, -0.15) is 0 Å². The van der Waals surface area contributed by atoms with Crippen LogP contribution in [0.2, 0.25) is 0 Å². The lowest BCUT2D eigenvalue weighted by atomic mass is 9.94. The van der Waals surface area contributed by atoms with Crippen molar-refractivity contribution in [3.05, 3.63) is 29.8 Å². The van der Waals surface area contributed by atoms with Crippen molar-refractivity contribution in [3.63, 3.8) is 0 Å². The number of thioether (sulfide) groups is 1. The van der Waals surface area contributed by atoms with Crippen molar-refractivity contribution in [2.75, 3.05) is 12.4 Å². The Morgan fingerprint density at radius 2 is 1.75 bits per heavy atom. The Balaban J connectivity index is 2.95. The van der Waals surface area contributed by atoms with E-state index in [1.54, 1.807) is 11.8 Å². The molecule has 0 radical (unpaired) electrons. The third-order valence-electron chi connectivity index (χ3n) is 2.99. The zero-order valence-corrected chi connectivity index (χ0v) is 14.5. The first-order valence-electron chi connectivity index (χ1n) is 6.77. The lowest BCUT2D eigenvalue weighted by molar-refractivity contribution is 0.197. The van der Waals surface area contributed by atoms with Gasteiger partial charge >= 0.3 is 0 Å². The predicted octanol–water partition coefficient (Wildman–Crippen LogP) is 3.06. The molecule has 1 unspecified atom stereocenters. The summed E-state index contributed by atoms with van der Waals surface area (Å²) in [5.74, 6) is 1.03. The number of benzene rings is 1. The number of aliphatic hydroxyl groups excluding tert-OH is 1. The van der Waals surface area contributed by atoms with E-state index in [0.29, 0.717) is 0 Å². The first kappa shape index (κ1) is 17.7. The SMILES string of the molecule is CCSc1ccc(C(C)(CO)N[S@](=O)C(C)(C)C)cc1. The Morgan fingerprint density at radius 1 is 1.20 bits per heavy atom. The van der Waals surface area contributed by atoms with Crippen molar-refractivity contribution in [2.24, 2.45) is 0 Å². The second-order valence-corrected chi connectivity index (χ2v) is 9.23. The molecule has 0 bridgehead atoms. The van der Waals surface area contributed by atoms with Crippen molar-refractivity contribution in [1.82, 2.24) is 4.72 Å². The van der Waals surface area contributed by atoms with E-state index in [0.717, 1.165) is 11.3 Å². The Morgan fingerprint density at radius 3 is 2.15 bits per heavy atom. The minimum Gasteiger partial charge on any atom is -0.394 e. The summed E-state index contributed by atoms with van der Waals surface area (Å²) in [5, 5.41) is 9.72. The molecule has 0 fully saturated rings. The summed E-state index contributed by atoms with van der Waals surface area (Å²) in [6, 6.07) is 8.06. The highest BCUT2D eigenvalue weighted by Gasteiger charge is 2.31. The maximum absolute atomic E-state index is 12.3. The minimum atomic E-state index is -1.23. The van der Waals surface area contributed by atoms with Crippen LogP contribution in [0.15, 0.2) is 29.2 Å². The van der Waals surface area contributed by atoms with Crippen molar-refractivity contribution >= 4 is 22.7 Å². The van der Waals surface area contributed by atoms with Gasteiger partial charge < -0.3 is 5.11 Å². The highest BCUT2D eigenvalue weighted by atomic mass is 32.2. The van der Waals surface area contributed by atoms with Gasteiger partial charge in [0.1, 0.15) is 0 Å². The number of hydrogen-bond donors (Lipinski definition) is 2. The smallest absolute Gasteiger partial charge is 0.0979 e. The lowest BCUT2D eigenvalue weighted by Crippen LogP contribution is -2.48. The molecule has 0 saturated heterocycles. The molecule has 0 aliphatic rings. The molecule has 1 aromatic carbocycles. The van der Waals surface area contributed by atoms with Crippen LogP contribution in [0, 0.1) is 0 Å². The van der Waals surface area contributed by atoms with Gasteiger partial charge in [0.2, 0.25) is 0 Å². The molecule has 0 aliphatic heterocycles. The molecule has 0 spiro atoms. The van der Waals surface area contributed by atoms with E-state index in [-0.39, 0.29) is 11.4 Å². The van der Waals surface area contributed by atoms with Crippen LogP contribution in [0.1, 0.15) is 40.2 Å². The van der Waals surface area contributed by atoms with E-state index in [2.05, 4.69) is 11.6 Å². The molecule has 1 aromatic rings. The van der Waals surface area contributed by atoms with E-state index < -0.39 is 16.5 Å². The van der Waals surface area contributed by atoms with Gasteiger partial charge in [0.15, 0.2) is 0 Å². The van der Waals surface area contributed by atoms with Gasteiger partial charge in [-0.05, 0) is 51.1 Å². The largest absolute Gasteiger partial charge is 0.394 e. The normalized spacial score (nSPS) is 16.7. The molecular weight excluding hydrogens is 290 g/mol. The van der Waals surface area contributed by atoms with E-state index in [4.69, 9.17) is 0 Å². The summed E-state index contributed by atoms with van der Waals surface area (Å²) in [4.78, 5) is 1.20. The Labute approximate surface area is 129 Å². The van der Waals surface area contributed by atoms with Crippen LogP contribution in [0.3, 0.4) is 0 Å². The van der Waals surface area contributed by atoms with Gasteiger partial charge in [0.05, 0.1) is 27.9 Å². The second-order valence-electron chi connectivity index (χ2n) is 5.93. The van der Waals surface area contributed by atoms with E-state index in [9.17, 15) is 9.32 Å². The molecule has 3 nitrogen and oxygen atoms in total. The number of aliphatic hydroxyl groups is 1. The van der Waals surface area contributed by atoms with Gasteiger partial charge in [0, 0.05) is 4.90 Å². The lowest BCUT2D eigenvalue weighted by Gasteiger charge is -2.32. The van der Waals surface area contributed by atoms with Crippen LogP contribution in [-0.2, 0) is 16.5 Å². The van der Waals surface area contributed by atoms with E-state index >= 15 is 0 Å². The third kappa shape index (κ3) is 4.58. The van der Waals surface area contributed by atoms with Crippen molar-refractivity contribution in [3.8, 4) is 0 Å². The first-order chi connectivity index (χ1) is 9.23. The molecule has 2 N–H and O–H groups in total. The number of hydrogen-bond acceptors (Lipinski definition) is 3. The van der Waals surface area contributed by atoms with Crippen LogP contribution in [0.5, 0.6) is 0 Å². The fourth-order valence-electron chi connectivity index (χ4n) is 1.63. The fourth-order valence-corrected chi connectivity index (χ4v) is 3.19. The molecule has 5 heteroatoms. The molecular formula is C15H25NO2S2. The number of rotatable bonds is 6.